The van der Waals surface area contributed by atoms with E-state index in [0.717, 1.165) is 25.7 Å². The number of carbonyl (C=O) groups is 1. The number of hydrogen-bond acceptors (Lipinski definition) is 3. The fraction of sp³-hybridized carbons (Fsp3) is 0.682. The Morgan fingerprint density at radius 3 is 2.41 bits per heavy atom. The van der Waals surface area contributed by atoms with Crippen LogP contribution in [0, 0.1) is 0 Å². The summed E-state index contributed by atoms with van der Waals surface area (Å²) in [6, 6.07) is 8.14. The molecule has 5 heteroatoms. The van der Waals surface area contributed by atoms with Gasteiger partial charge in [0.1, 0.15) is 0 Å². The van der Waals surface area contributed by atoms with Gasteiger partial charge in [0, 0.05) is 36.1 Å². The summed E-state index contributed by atoms with van der Waals surface area (Å²) in [6.45, 7) is 9.74. The first kappa shape index (κ1) is 20.6. The molecule has 3 rings (SSSR count). The van der Waals surface area contributed by atoms with E-state index in [1.54, 1.807) is 0 Å². The summed E-state index contributed by atoms with van der Waals surface area (Å²) >= 11 is 6.10. The second-order valence-corrected chi connectivity index (χ2v) is 9.80. The predicted octanol–water partition coefficient (Wildman–Crippen LogP) is 4.63. The van der Waals surface area contributed by atoms with E-state index >= 15 is 0 Å². The van der Waals surface area contributed by atoms with Crippen LogP contribution < -0.4 is 5.32 Å². The first-order valence-electron chi connectivity index (χ1n) is 9.93. The average molecular weight is 394 g/mol. The van der Waals surface area contributed by atoms with Crippen molar-refractivity contribution in [1.29, 1.82) is 0 Å². The van der Waals surface area contributed by atoms with Gasteiger partial charge in [-0.05, 0) is 71.1 Å². The van der Waals surface area contributed by atoms with Crippen LogP contribution in [0.3, 0.4) is 0 Å². The molecule has 0 spiro atoms. The Morgan fingerprint density at radius 2 is 1.78 bits per heavy atom. The highest BCUT2D eigenvalue weighted by Crippen LogP contribution is 2.44. The Labute approximate surface area is 168 Å². The van der Waals surface area contributed by atoms with Crippen molar-refractivity contribution in [3.63, 3.8) is 0 Å². The molecule has 1 N–H and O–H groups in total. The monoisotopic (exact) mass is 393 g/mol. The standard InChI is InChI=1S/C22H32ClNO3/c1-20(2)13-18(9-11-26-20)24-19(25)14-22(10-12-27-21(3,4)15-22)16-5-7-17(23)8-6-16/h5-8,18H,9-15H2,1-4H3,(H,24,25)/t18-,22-/m0/s1. The van der Waals surface area contributed by atoms with Gasteiger partial charge < -0.3 is 14.8 Å². The van der Waals surface area contributed by atoms with Crippen molar-refractivity contribution in [2.45, 2.75) is 82.5 Å². The van der Waals surface area contributed by atoms with E-state index < -0.39 is 0 Å². The molecule has 4 nitrogen and oxygen atoms in total. The van der Waals surface area contributed by atoms with Gasteiger partial charge in [0.25, 0.3) is 0 Å². The van der Waals surface area contributed by atoms with Gasteiger partial charge in [-0.25, -0.2) is 0 Å². The quantitative estimate of drug-likeness (QED) is 0.811. The number of nitrogens with one attached hydrogen (secondary N) is 1. The molecule has 2 atom stereocenters. The van der Waals surface area contributed by atoms with Crippen molar-refractivity contribution in [2.75, 3.05) is 13.2 Å². The second-order valence-electron chi connectivity index (χ2n) is 9.36. The van der Waals surface area contributed by atoms with Gasteiger partial charge in [0.15, 0.2) is 0 Å². The van der Waals surface area contributed by atoms with Crippen LogP contribution in [0.15, 0.2) is 24.3 Å². The van der Waals surface area contributed by atoms with Gasteiger partial charge >= 0.3 is 0 Å². The molecule has 0 radical (unpaired) electrons. The lowest BCUT2D eigenvalue weighted by molar-refractivity contribution is -0.129. The number of carbonyl (C=O) groups excluding carboxylic acids is 1. The second kappa shape index (κ2) is 7.73. The number of amides is 1. The highest BCUT2D eigenvalue weighted by Gasteiger charge is 2.44. The maximum Gasteiger partial charge on any atom is 0.221 e. The van der Waals surface area contributed by atoms with Crippen molar-refractivity contribution in [2.24, 2.45) is 0 Å². The van der Waals surface area contributed by atoms with Crippen molar-refractivity contribution in [3.8, 4) is 0 Å². The number of benzene rings is 1. The molecule has 0 aromatic heterocycles. The molecule has 27 heavy (non-hydrogen) atoms. The Hall–Kier alpha value is -1.10. The summed E-state index contributed by atoms with van der Waals surface area (Å²) in [5, 5.41) is 3.99. The third kappa shape index (κ3) is 5.24. The van der Waals surface area contributed by atoms with Crippen molar-refractivity contribution in [1.82, 2.24) is 5.32 Å². The van der Waals surface area contributed by atoms with Crippen LogP contribution in [0.25, 0.3) is 0 Å². The predicted molar refractivity (Wildman–Crippen MR) is 108 cm³/mol. The molecule has 1 amide bonds. The maximum atomic E-state index is 13.0. The third-order valence-electron chi connectivity index (χ3n) is 5.86. The minimum Gasteiger partial charge on any atom is -0.376 e. The molecule has 0 aliphatic carbocycles. The van der Waals surface area contributed by atoms with E-state index in [1.165, 1.54) is 5.56 Å². The van der Waals surface area contributed by atoms with Gasteiger partial charge in [0.05, 0.1) is 11.2 Å². The molecule has 1 aromatic rings. The fourth-order valence-electron chi connectivity index (χ4n) is 4.72. The topological polar surface area (TPSA) is 47.6 Å². The number of ether oxygens (including phenoxy) is 2. The lowest BCUT2D eigenvalue weighted by Crippen LogP contribution is -2.50. The Bertz CT molecular complexity index is 671. The van der Waals surface area contributed by atoms with E-state index in [2.05, 4.69) is 45.1 Å². The van der Waals surface area contributed by atoms with Crippen LogP contribution in [0.4, 0.5) is 0 Å². The average Bonchev–Trinajstić information content (AvgIpc) is 2.53. The fourth-order valence-corrected chi connectivity index (χ4v) is 4.85. The van der Waals surface area contributed by atoms with E-state index in [1.807, 2.05) is 12.1 Å². The van der Waals surface area contributed by atoms with Crippen molar-refractivity contribution in [3.05, 3.63) is 34.9 Å². The first-order chi connectivity index (χ1) is 12.6. The molecule has 150 valence electrons. The van der Waals surface area contributed by atoms with Crippen molar-refractivity contribution >= 4 is 17.5 Å². The Morgan fingerprint density at radius 1 is 1.11 bits per heavy atom. The van der Waals surface area contributed by atoms with Gasteiger partial charge in [-0.3, -0.25) is 4.79 Å². The zero-order valence-electron chi connectivity index (χ0n) is 16.9. The molecular weight excluding hydrogens is 362 g/mol. The summed E-state index contributed by atoms with van der Waals surface area (Å²) in [7, 11) is 0. The third-order valence-corrected chi connectivity index (χ3v) is 6.11. The number of rotatable bonds is 4. The zero-order valence-corrected chi connectivity index (χ0v) is 17.7. The number of halogens is 1. The van der Waals surface area contributed by atoms with Crippen LogP contribution in [-0.4, -0.2) is 36.4 Å². The molecule has 1 aromatic carbocycles. The zero-order chi connectivity index (χ0) is 19.7. The lowest BCUT2D eigenvalue weighted by atomic mass is 9.67. The van der Waals surface area contributed by atoms with Gasteiger partial charge in [-0.2, -0.15) is 0 Å². The van der Waals surface area contributed by atoms with Crippen LogP contribution >= 0.6 is 11.6 Å². The summed E-state index contributed by atoms with van der Waals surface area (Å²) < 4.78 is 11.7. The lowest BCUT2D eigenvalue weighted by Gasteiger charge is -2.45. The van der Waals surface area contributed by atoms with Gasteiger partial charge in [0.2, 0.25) is 5.91 Å². The van der Waals surface area contributed by atoms with Crippen LogP contribution in [0.2, 0.25) is 5.02 Å². The number of hydrogen-bond donors (Lipinski definition) is 1. The molecular formula is C22H32ClNO3. The molecule has 2 heterocycles. The van der Waals surface area contributed by atoms with E-state index in [-0.39, 0.29) is 28.6 Å². The maximum absolute atomic E-state index is 13.0. The summed E-state index contributed by atoms with van der Waals surface area (Å²) in [4.78, 5) is 13.0. The van der Waals surface area contributed by atoms with E-state index in [0.29, 0.717) is 24.7 Å². The highest BCUT2D eigenvalue weighted by atomic mass is 35.5. The smallest absolute Gasteiger partial charge is 0.221 e. The molecule has 0 bridgehead atoms. The molecule has 2 fully saturated rings. The summed E-state index contributed by atoms with van der Waals surface area (Å²) in [5.74, 6) is 0.116. The van der Waals surface area contributed by atoms with Gasteiger partial charge in [-0.15, -0.1) is 0 Å². The summed E-state index contributed by atoms with van der Waals surface area (Å²) in [6.07, 6.45) is 3.84. The largest absolute Gasteiger partial charge is 0.376 e. The van der Waals surface area contributed by atoms with E-state index in [4.69, 9.17) is 21.1 Å². The summed E-state index contributed by atoms with van der Waals surface area (Å²) in [5.41, 5.74) is 0.520. The normalized spacial score (nSPS) is 29.9. The Balaban J connectivity index is 1.77. The SMILES string of the molecule is CC1(C)C[C@@H](NC(=O)C[C@@]2(c3ccc(Cl)cc3)CCOC(C)(C)C2)CCO1. The van der Waals surface area contributed by atoms with Crippen LogP contribution in [-0.2, 0) is 19.7 Å². The molecule has 2 saturated heterocycles. The molecule has 0 unspecified atom stereocenters. The van der Waals surface area contributed by atoms with Gasteiger partial charge in [-0.1, -0.05) is 23.7 Å². The minimum absolute atomic E-state index is 0.116. The Kier molecular flexibility index (Phi) is 5.90. The minimum atomic E-state index is -0.251. The molecule has 2 aliphatic rings. The molecule has 0 saturated carbocycles. The van der Waals surface area contributed by atoms with Crippen molar-refractivity contribution < 1.29 is 14.3 Å². The van der Waals surface area contributed by atoms with E-state index in [9.17, 15) is 4.79 Å². The first-order valence-corrected chi connectivity index (χ1v) is 10.3. The highest BCUT2D eigenvalue weighted by molar-refractivity contribution is 6.30. The molecule has 2 aliphatic heterocycles. The van der Waals surface area contributed by atoms with Crippen LogP contribution in [0.5, 0.6) is 0 Å². The van der Waals surface area contributed by atoms with Crippen LogP contribution in [0.1, 0.15) is 65.4 Å².